The lowest BCUT2D eigenvalue weighted by molar-refractivity contribution is -0.138. The van der Waals surface area contributed by atoms with Gasteiger partial charge >= 0.3 is 6.18 Å². The van der Waals surface area contributed by atoms with Gasteiger partial charge in [-0.15, -0.1) is 0 Å². The molecule has 0 aliphatic carbocycles. The Hall–Kier alpha value is -3.62. The molecule has 1 fully saturated rings. The smallest absolute Gasteiger partial charge is 0.383 e. The molecule has 7 nitrogen and oxygen atoms in total. The molecule has 1 saturated heterocycles. The van der Waals surface area contributed by atoms with E-state index in [0.29, 0.717) is 35.8 Å². The van der Waals surface area contributed by atoms with Crippen LogP contribution < -0.4 is 11.1 Å². The van der Waals surface area contributed by atoms with Crippen molar-refractivity contribution in [1.82, 2.24) is 19.7 Å². The lowest BCUT2D eigenvalue weighted by Crippen LogP contribution is -2.44. The van der Waals surface area contributed by atoms with Crippen LogP contribution in [0.15, 0.2) is 48.7 Å². The molecule has 3 N–H and O–H groups in total. The monoisotopic (exact) mass is 584 g/mol. The molecule has 0 unspecified atom stereocenters. The first kappa shape index (κ1) is 30.3. The van der Waals surface area contributed by atoms with Gasteiger partial charge in [0.25, 0.3) is 5.91 Å². The standard InChI is InChI=1S/C30H32ClF3N6O/c1-38(2)18-20-14-22(28(35)36-17-20)5-4-21-15-23(7-9-27(21)31)29(41)37-25-8-6-24(26(16-25)30(32,33)34)19-40-12-10-39(3)11-13-40/h6-9,14-17H,10-13,18-19H2,1-3H3,(H2,35,36)(H,37,41). The van der Waals surface area contributed by atoms with Crippen LogP contribution in [0.2, 0.25) is 5.02 Å². The Kier molecular flexibility index (Phi) is 9.56. The number of nitrogens with zero attached hydrogens (tertiary/aromatic N) is 4. The third-order valence-electron chi connectivity index (χ3n) is 6.70. The number of hydrogen-bond acceptors (Lipinski definition) is 6. The van der Waals surface area contributed by atoms with Crippen LogP contribution in [-0.2, 0) is 19.3 Å². The van der Waals surface area contributed by atoms with E-state index in [9.17, 15) is 18.0 Å². The number of piperazine rings is 1. The summed E-state index contributed by atoms with van der Waals surface area (Å²) in [5, 5.41) is 2.89. The number of nitrogens with one attached hydrogen (secondary N) is 1. The first-order valence-electron chi connectivity index (χ1n) is 13.0. The van der Waals surface area contributed by atoms with Crippen molar-refractivity contribution in [1.29, 1.82) is 0 Å². The number of carbonyl (C=O) groups excluding carboxylic acids is 1. The number of benzene rings is 2. The predicted octanol–water partition coefficient (Wildman–Crippen LogP) is 4.80. The summed E-state index contributed by atoms with van der Waals surface area (Å²) in [6.45, 7) is 3.84. The second-order valence-corrected chi connectivity index (χ2v) is 10.8. The van der Waals surface area contributed by atoms with Crippen molar-refractivity contribution < 1.29 is 18.0 Å². The van der Waals surface area contributed by atoms with Crippen molar-refractivity contribution in [2.45, 2.75) is 19.3 Å². The van der Waals surface area contributed by atoms with Crippen molar-refractivity contribution in [3.05, 3.63) is 87.1 Å². The van der Waals surface area contributed by atoms with Crippen LogP contribution in [0.25, 0.3) is 0 Å². The molecule has 0 atom stereocenters. The van der Waals surface area contributed by atoms with Gasteiger partial charge in [-0.05, 0) is 68.7 Å². The zero-order chi connectivity index (χ0) is 29.7. The number of aromatic nitrogens is 1. The van der Waals surface area contributed by atoms with Gasteiger partial charge in [-0.2, -0.15) is 13.2 Å². The average Bonchev–Trinajstić information content (AvgIpc) is 2.91. The number of pyridine rings is 1. The molecule has 41 heavy (non-hydrogen) atoms. The highest BCUT2D eigenvalue weighted by molar-refractivity contribution is 6.32. The molecule has 1 aromatic heterocycles. The zero-order valence-electron chi connectivity index (χ0n) is 23.1. The van der Waals surface area contributed by atoms with E-state index in [0.717, 1.165) is 24.7 Å². The molecule has 1 aliphatic rings. The normalized spacial score (nSPS) is 14.5. The second kappa shape index (κ2) is 12.9. The summed E-state index contributed by atoms with van der Waals surface area (Å²) in [5.74, 6) is 5.58. The Bertz CT molecular complexity index is 1470. The highest BCUT2D eigenvalue weighted by Gasteiger charge is 2.34. The van der Waals surface area contributed by atoms with Crippen molar-refractivity contribution in [2.24, 2.45) is 0 Å². The molecule has 0 spiro atoms. The van der Waals surface area contributed by atoms with E-state index in [1.807, 2.05) is 37.0 Å². The number of alkyl halides is 3. The van der Waals surface area contributed by atoms with Crippen molar-refractivity contribution in [3.63, 3.8) is 0 Å². The van der Waals surface area contributed by atoms with Gasteiger partial charge in [-0.3, -0.25) is 9.69 Å². The highest BCUT2D eigenvalue weighted by Crippen LogP contribution is 2.35. The van der Waals surface area contributed by atoms with Gasteiger partial charge in [0.05, 0.1) is 16.1 Å². The van der Waals surface area contributed by atoms with Crippen molar-refractivity contribution in [3.8, 4) is 11.8 Å². The van der Waals surface area contributed by atoms with Crippen LogP contribution >= 0.6 is 11.6 Å². The Morgan fingerprint density at radius 2 is 1.78 bits per heavy atom. The van der Waals surface area contributed by atoms with Gasteiger partial charge in [0.2, 0.25) is 0 Å². The molecule has 1 amide bonds. The fourth-order valence-electron chi connectivity index (χ4n) is 4.47. The van der Waals surface area contributed by atoms with Crippen LogP contribution in [0.4, 0.5) is 24.7 Å². The number of halogens is 4. The quantitative estimate of drug-likeness (QED) is 0.406. The maximum Gasteiger partial charge on any atom is 0.416 e. The molecular formula is C30H32ClF3N6O. The van der Waals surface area contributed by atoms with Gasteiger partial charge in [-0.1, -0.05) is 29.5 Å². The Balaban J connectivity index is 1.53. The van der Waals surface area contributed by atoms with Gasteiger partial charge < -0.3 is 20.9 Å². The van der Waals surface area contributed by atoms with E-state index < -0.39 is 17.6 Å². The SMILES string of the molecule is CN(C)Cc1cnc(N)c(C#Cc2cc(C(=O)Nc3ccc(CN4CCN(C)CC4)c(C(F)(F)F)c3)ccc2Cl)c1. The van der Waals surface area contributed by atoms with Crippen LogP contribution in [0.1, 0.15) is 38.2 Å². The molecule has 0 radical (unpaired) electrons. The van der Waals surface area contributed by atoms with Crippen LogP contribution in [0, 0.1) is 11.8 Å². The molecule has 3 aromatic rings. The summed E-state index contributed by atoms with van der Waals surface area (Å²) in [7, 11) is 5.86. The molecule has 0 saturated carbocycles. The summed E-state index contributed by atoms with van der Waals surface area (Å²) in [4.78, 5) is 23.3. The first-order chi connectivity index (χ1) is 19.4. The van der Waals surface area contributed by atoms with E-state index in [1.54, 1.807) is 6.20 Å². The lowest BCUT2D eigenvalue weighted by Gasteiger charge is -2.33. The Labute approximate surface area is 243 Å². The second-order valence-electron chi connectivity index (χ2n) is 10.4. The number of nitrogens with two attached hydrogens (primary N) is 1. The van der Waals surface area contributed by atoms with Crippen molar-refractivity contribution >= 4 is 29.0 Å². The summed E-state index contributed by atoms with van der Waals surface area (Å²) in [6, 6.07) is 10.2. The van der Waals surface area contributed by atoms with E-state index >= 15 is 0 Å². The number of hydrogen-bond donors (Lipinski definition) is 2. The third kappa shape index (κ3) is 8.21. The Morgan fingerprint density at radius 1 is 1.07 bits per heavy atom. The number of rotatable bonds is 6. The molecule has 4 rings (SSSR count). The molecule has 2 aromatic carbocycles. The largest absolute Gasteiger partial charge is 0.416 e. The van der Waals surface area contributed by atoms with E-state index in [1.165, 1.54) is 30.3 Å². The Morgan fingerprint density at radius 3 is 2.46 bits per heavy atom. The minimum absolute atomic E-state index is 0.0450. The fraction of sp³-hybridized carbons (Fsp3) is 0.333. The van der Waals surface area contributed by atoms with Gasteiger partial charge in [0, 0.05) is 62.3 Å². The van der Waals surface area contributed by atoms with Crippen LogP contribution in [0.3, 0.4) is 0 Å². The number of carbonyl (C=O) groups is 1. The van der Waals surface area contributed by atoms with Crippen LogP contribution in [-0.4, -0.2) is 72.9 Å². The summed E-state index contributed by atoms with van der Waals surface area (Å²) < 4.78 is 41.9. The number of likely N-dealkylation sites (N-methyl/N-ethyl adjacent to an activating group) is 1. The summed E-state index contributed by atoms with van der Waals surface area (Å²) in [6.07, 6.45) is -2.88. The van der Waals surface area contributed by atoms with E-state index in [2.05, 4.69) is 27.0 Å². The van der Waals surface area contributed by atoms with Crippen molar-refractivity contribution in [2.75, 3.05) is 58.4 Å². The molecular weight excluding hydrogens is 553 g/mol. The lowest BCUT2D eigenvalue weighted by atomic mass is 10.0. The summed E-state index contributed by atoms with van der Waals surface area (Å²) in [5.41, 5.74) is 7.46. The third-order valence-corrected chi connectivity index (χ3v) is 7.03. The molecule has 0 bridgehead atoms. The minimum Gasteiger partial charge on any atom is -0.383 e. The van der Waals surface area contributed by atoms with E-state index in [-0.39, 0.29) is 29.2 Å². The number of nitrogen functional groups attached to an aromatic ring is 1. The number of anilines is 2. The average molecular weight is 585 g/mol. The highest BCUT2D eigenvalue weighted by atomic mass is 35.5. The maximum atomic E-state index is 14.0. The summed E-state index contributed by atoms with van der Waals surface area (Å²) >= 11 is 6.32. The molecule has 216 valence electrons. The number of amides is 1. The van der Waals surface area contributed by atoms with Gasteiger partial charge in [-0.25, -0.2) is 4.98 Å². The zero-order valence-corrected chi connectivity index (χ0v) is 23.9. The molecule has 11 heteroatoms. The molecule has 2 heterocycles. The first-order valence-corrected chi connectivity index (χ1v) is 13.4. The predicted molar refractivity (Wildman–Crippen MR) is 156 cm³/mol. The minimum atomic E-state index is -4.56. The van der Waals surface area contributed by atoms with Gasteiger partial charge in [0.15, 0.2) is 0 Å². The van der Waals surface area contributed by atoms with E-state index in [4.69, 9.17) is 17.3 Å². The fourth-order valence-corrected chi connectivity index (χ4v) is 4.64. The topological polar surface area (TPSA) is 77.7 Å². The van der Waals surface area contributed by atoms with Crippen LogP contribution in [0.5, 0.6) is 0 Å². The van der Waals surface area contributed by atoms with Gasteiger partial charge in [0.1, 0.15) is 5.82 Å². The maximum absolute atomic E-state index is 14.0. The molecule has 1 aliphatic heterocycles.